The first kappa shape index (κ1) is 25.1. The minimum Gasteiger partial charge on any atom is -0.480 e. The molecule has 2 atom stereocenters. The molecular weight excluding hydrogens is 499 g/mol. The van der Waals surface area contributed by atoms with Crippen molar-refractivity contribution in [2.75, 3.05) is 32.7 Å². The summed E-state index contributed by atoms with van der Waals surface area (Å²) >= 11 is 0. The quantitative estimate of drug-likeness (QED) is 0.497. The number of amides is 4. The summed E-state index contributed by atoms with van der Waals surface area (Å²) in [5.74, 6) is -1.00. The molecule has 3 aromatic rings. The SMILES string of the molecule is O=C1NC(=O)C2(CC(C(=O)N3CCN(CC(c4ccccc4)c4ccccc4)CC3)Oc3ccc(F)cc32)N1. The number of hydrogen-bond donors (Lipinski definition) is 2. The van der Waals surface area contributed by atoms with Crippen LogP contribution in [-0.2, 0) is 15.1 Å². The van der Waals surface area contributed by atoms with Crippen molar-refractivity contribution in [3.63, 3.8) is 0 Å². The van der Waals surface area contributed by atoms with Crippen molar-refractivity contribution in [2.45, 2.75) is 24.0 Å². The van der Waals surface area contributed by atoms with Crippen LogP contribution in [0.3, 0.4) is 0 Å². The first-order chi connectivity index (χ1) is 18.9. The lowest BCUT2D eigenvalue weighted by Crippen LogP contribution is -2.57. The molecule has 3 aliphatic heterocycles. The van der Waals surface area contributed by atoms with E-state index < -0.39 is 29.4 Å². The van der Waals surface area contributed by atoms with E-state index in [4.69, 9.17) is 4.74 Å². The summed E-state index contributed by atoms with van der Waals surface area (Å²) < 4.78 is 20.0. The second kappa shape index (κ2) is 10.1. The van der Waals surface area contributed by atoms with Gasteiger partial charge in [0.2, 0.25) is 0 Å². The smallest absolute Gasteiger partial charge is 0.322 e. The Balaban J connectivity index is 1.16. The third-order valence-electron chi connectivity index (χ3n) is 7.91. The monoisotopic (exact) mass is 528 g/mol. The van der Waals surface area contributed by atoms with Crippen molar-refractivity contribution in [3.05, 3.63) is 101 Å². The van der Waals surface area contributed by atoms with Gasteiger partial charge in [0.15, 0.2) is 11.6 Å². The number of nitrogens with zero attached hydrogens (tertiary/aromatic N) is 2. The van der Waals surface area contributed by atoms with E-state index >= 15 is 0 Å². The van der Waals surface area contributed by atoms with E-state index in [1.807, 2.05) is 12.1 Å². The van der Waals surface area contributed by atoms with Gasteiger partial charge in [-0.05, 0) is 29.3 Å². The molecule has 4 amide bonds. The van der Waals surface area contributed by atoms with E-state index in [0.717, 1.165) is 6.54 Å². The van der Waals surface area contributed by atoms with E-state index in [2.05, 4.69) is 64.1 Å². The van der Waals surface area contributed by atoms with Crippen molar-refractivity contribution in [2.24, 2.45) is 0 Å². The topological polar surface area (TPSA) is 91.0 Å². The average molecular weight is 529 g/mol. The lowest BCUT2D eigenvalue weighted by atomic mass is 9.81. The molecule has 9 heteroatoms. The fourth-order valence-corrected chi connectivity index (χ4v) is 5.87. The molecule has 3 aromatic carbocycles. The zero-order chi connectivity index (χ0) is 27.0. The summed E-state index contributed by atoms with van der Waals surface area (Å²) in [7, 11) is 0. The number of piperazine rings is 1. The van der Waals surface area contributed by atoms with Crippen LogP contribution in [0.5, 0.6) is 5.75 Å². The number of carbonyl (C=O) groups is 3. The van der Waals surface area contributed by atoms with Gasteiger partial charge in [0.1, 0.15) is 11.6 Å². The number of urea groups is 1. The van der Waals surface area contributed by atoms with E-state index in [-0.39, 0.29) is 29.6 Å². The summed E-state index contributed by atoms with van der Waals surface area (Å²) in [6.07, 6.45) is -1.09. The molecule has 39 heavy (non-hydrogen) atoms. The Morgan fingerprint density at radius 3 is 2.18 bits per heavy atom. The van der Waals surface area contributed by atoms with Gasteiger partial charge in [-0.15, -0.1) is 0 Å². The molecule has 1 spiro atoms. The molecule has 3 aliphatic rings. The van der Waals surface area contributed by atoms with Crippen LogP contribution in [0.4, 0.5) is 9.18 Å². The van der Waals surface area contributed by atoms with Crippen LogP contribution in [0.25, 0.3) is 0 Å². The van der Waals surface area contributed by atoms with E-state index in [1.54, 1.807) is 4.90 Å². The minimum absolute atomic E-state index is 0.107. The van der Waals surface area contributed by atoms with Crippen molar-refractivity contribution in [3.8, 4) is 5.75 Å². The van der Waals surface area contributed by atoms with Crippen molar-refractivity contribution < 1.29 is 23.5 Å². The standard InChI is InChI=1S/C30H29FN4O4/c31-22-11-12-25-24(17-22)30(28(37)32-29(38)33-30)18-26(39-25)27(36)35-15-13-34(14-16-35)19-23(20-7-3-1-4-8-20)21-9-5-2-6-10-21/h1-12,17,23,26H,13-16,18-19H2,(H2,32,33,37,38). The number of fused-ring (bicyclic) bond motifs is 2. The maximum Gasteiger partial charge on any atom is 0.322 e. The number of hydrogen-bond acceptors (Lipinski definition) is 5. The molecule has 0 aromatic heterocycles. The van der Waals surface area contributed by atoms with Crippen LogP contribution in [0, 0.1) is 5.82 Å². The van der Waals surface area contributed by atoms with Crippen LogP contribution in [-0.4, -0.2) is 66.5 Å². The molecule has 200 valence electrons. The number of rotatable bonds is 5. The highest BCUT2D eigenvalue weighted by atomic mass is 19.1. The Labute approximate surface area is 225 Å². The molecule has 0 bridgehead atoms. The van der Waals surface area contributed by atoms with Gasteiger partial charge in [-0.3, -0.25) is 19.8 Å². The van der Waals surface area contributed by atoms with Crippen LogP contribution in [0.1, 0.15) is 29.0 Å². The molecule has 6 rings (SSSR count). The predicted molar refractivity (Wildman–Crippen MR) is 142 cm³/mol. The Hall–Kier alpha value is -4.24. The van der Waals surface area contributed by atoms with Gasteiger partial charge in [0.05, 0.1) is 0 Å². The van der Waals surface area contributed by atoms with Gasteiger partial charge in [-0.1, -0.05) is 60.7 Å². The minimum atomic E-state index is -1.55. The molecule has 3 heterocycles. The molecule has 2 N–H and O–H groups in total. The maximum absolute atomic E-state index is 14.1. The van der Waals surface area contributed by atoms with Crippen molar-refractivity contribution in [1.82, 2.24) is 20.4 Å². The highest BCUT2D eigenvalue weighted by Crippen LogP contribution is 2.42. The first-order valence-electron chi connectivity index (χ1n) is 13.1. The molecule has 0 saturated carbocycles. The van der Waals surface area contributed by atoms with Gasteiger partial charge >= 0.3 is 6.03 Å². The van der Waals surface area contributed by atoms with Gasteiger partial charge in [-0.2, -0.15) is 0 Å². The second-order valence-corrected chi connectivity index (χ2v) is 10.3. The summed E-state index contributed by atoms with van der Waals surface area (Å²) in [5.41, 5.74) is 1.16. The number of ether oxygens (including phenoxy) is 1. The molecule has 2 unspecified atom stereocenters. The largest absolute Gasteiger partial charge is 0.480 e. The summed E-state index contributed by atoms with van der Waals surface area (Å²) in [5, 5.41) is 4.85. The van der Waals surface area contributed by atoms with Crippen LogP contribution >= 0.6 is 0 Å². The Kier molecular flexibility index (Phi) is 6.52. The third kappa shape index (κ3) is 4.74. The molecule has 0 aliphatic carbocycles. The molecule has 2 saturated heterocycles. The van der Waals surface area contributed by atoms with Crippen LogP contribution in [0.15, 0.2) is 78.9 Å². The van der Waals surface area contributed by atoms with Gasteiger partial charge in [0.25, 0.3) is 11.8 Å². The average Bonchev–Trinajstić information content (AvgIpc) is 3.25. The zero-order valence-corrected chi connectivity index (χ0v) is 21.3. The van der Waals surface area contributed by atoms with Gasteiger partial charge < -0.3 is 15.0 Å². The van der Waals surface area contributed by atoms with E-state index in [0.29, 0.717) is 26.2 Å². The fourth-order valence-electron chi connectivity index (χ4n) is 5.87. The van der Waals surface area contributed by atoms with E-state index in [9.17, 15) is 18.8 Å². The maximum atomic E-state index is 14.1. The Morgan fingerprint density at radius 1 is 0.949 bits per heavy atom. The zero-order valence-electron chi connectivity index (χ0n) is 21.3. The van der Waals surface area contributed by atoms with Gasteiger partial charge in [0, 0.05) is 50.6 Å². The van der Waals surface area contributed by atoms with Gasteiger partial charge in [-0.25, -0.2) is 9.18 Å². The number of benzene rings is 3. The van der Waals surface area contributed by atoms with Crippen molar-refractivity contribution in [1.29, 1.82) is 0 Å². The van der Waals surface area contributed by atoms with Crippen molar-refractivity contribution >= 4 is 17.8 Å². The normalized spacial score (nSPS) is 22.8. The Morgan fingerprint density at radius 2 is 1.59 bits per heavy atom. The molecular formula is C30H29FN4O4. The molecule has 8 nitrogen and oxygen atoms in total. The highest BCUT2D eigenvalue weighted by molar-refractivity contribution is 6.08. The molecule has 0 radical (unpaired) electrons. The van der Waals surface area contributed by atoms with E-state index in [1.165, 1.54) is 29.3 Å². The second-order valence-electron chi connectivity index (χ2n) is 10.3. The summed E-state index contributed by atoms with van der Waals surface area (Å²) in [6.45, 7) is 3.23. The molecule has 2 fully saturated rings. The number of halogens is 1. The number of carbonyl (C=O) groups excluding carboxylic acids is 3. The Bertz CT molecular complexity index is 1360. The number of imide groups is 1. The van der Waals surface area contributed by atoms with Crippen LogP contribution in [0.2, 0.25) is 0 Å². The lowest BCUT2D eigenvalue weighted by Gasteiger charge is -2.41. The fraction of sp³-hybridized carbons (Fsp3) is 0.300. The third-order valence-corrected chi connectivity index (χ3v) is 7.91. The highest BCUT2D eigenvalue weighted by Gasteiger charge is 2.55. The summed E-state index contributed by atoms with van der Waals surface area (Å²) in [6, 6.07) is 23.9. The number of nitrogens with one attached hydrogen (secondary N) is 2. The summed E-state index contributed by atoms with van der Waals surface area (Å²) in [4.78, 5) is 42.6. The van der Waals surface area contributed by atoms with Crippen LogP contribution < -0.4 is 15.4 Å². The lowest BCUT2D eigenvalue weighted by molar-refractivity contribution is -0.143. The first-order valence-corrected chi connectivity index (χ1v) is 13.1. The predicted octanol–water partition coefficient (Wildman–Crippen LogP) is 2.99.